The van der Waals surface area contributed by atoms with Gasteiger partial charge in [0.2, 0.25) is 0 Å². The van der Waals surface area contributed by atoms with Crippen LogP contribution in [0, 0.1) is 0 Å². The lowest BCUT2D eigenvalue weighted by molar-refractivity contribution is 0.254. The molecule has 2 aromatic rings. The molecule has 0 unspecified atom stereocenters. The van der Waals surface area contributed by atoms with E-state index >= 15 is 0 Å². The van der Waals surface area contributed by atoms with E-state index in [1.165, 1.54) is 42.4 Å². The van der Waals surface area contributed by atoms with Crippen LogP contribution in [0.3, 0.4) is 0 Å². The quantitative estimate of drug-likeness (QED) is 0.794. The van der Waals surface area contributed by atoms with Gasteiger partial charge >= 0.3 is 0 Å². The summed E-state index contributed by atoms with van der Waals surface area (Å²) in [6.07, 6.45) is 4.42. The molecule has 2 heterocycles. The lowest BCUT2D eigenvalue weighted by atomic mass is 9.90. The number of rotatable bonds is 1. The summed E-state index contributed by atoms with van der Waals surface area (Å²) < 4.78 is 0. The number of nitrogens with zero attached hydrogens (tertiary/aromatic N) is 2. The van der Waals surface area contributed by atoms with Crippen molar-refractivity contribution in [3.63, 3.8) is 0 Å². The van der Waals surface area contributed by atoms with Gasteiger partial charge in [-0.15, -0.1) is 24.8 Å². The van der Waals surface area contributed by atoms with E-state index in [0.29, 0.717) is 5.92 Å². The highest BCUT2D eigenvalue weighted by atomic mass is 35.5. The summed E-state index contributed by atoms with van der Waals surface area (Å²) in [4.78, 5) is 7.04. The predicted molar refractivity (Wildman–Crippen MR) is 85.7 cm³/mol. The molecule has 1 fully saturated rings. The van der Waals surface area contributed by atoms with Crippen molar-refractivity contribution in [2.75, 3.05) is 20.1 Å². The molecule has 0 N–H and O–H groups in total. The van der Waals surface area contributed by atoms with Crippen molar-refractivity contribution in [2.24, 2.45) is 0 Å². The van der Waals surface area contributed by atoms with Crippen LogP contribution in [0.15, 0.2) is 36.5 Å². The topological polar surface area (TPSA) is 16.1 Å². The Kier molecular flexibility index (Phi) is 6.05. The van der Waals surface area contributed by atoms with Gasteiger partial charge in [-0.3, -0.25) is 4.98 Å². The Morgan fingerprint density at radius 3 is 2.47 bits per heavy atom. The standard InChI is InChI=1S/C15H18N2.2ClH/c1-17-10-7-13(8-11-17)15-14-5-3-2-4-12(14)6-9-16-15;;/h2-6,9,13H,7-8,10-11H2,1H3;2*1H. The lowest BCUT2D eigenvalue weighted by Gasteiger charge is -2.29. The Morgan fingerprint density at radius 2 is 1.74 bits per heavy atom. The number of aromatic nitrogens is 1. The summed E-state index contributed by atoms with van der Waals surface area (Å²) in [6, 6.07) is 10.7. The minimum absolute atomic E-state index is 0. The van der Waals surface area contributed by atoms with Gasteiger partial charge in [-0.2, -0.15) is 0 Å². The third-order valence-electron chi connectivity index (χ3n) is 3.81. The van der Waals surface area contributed by atoms with E-state index in [1.807, 2.05) is 6.20 Å². The molecule has 1 aromatic carbocycles. The zero-order valence-electron chi connectivity index (χ0n) is 11.1. The third kappa shape index (κ3) is 3.38. The van der Waals surface area contributed by atoms with Crippen molar-refractivity contribution in [1.29, 1.82) is 0 Å². The summed E-state index contributed by atoms with van der Waals surface area (Å²) in [7, 11) is 2.20. The first kappa shape index (κ1) is 16.2. The maximum absolute atomic E-state index is 4.64. The molecule has 1 aliphatic heterocycles. The van der Waals surface area contributed by atoms with Crippen molar-refractivity contribution < 1.29 is 0 Å². The van der Waals surface area contributed by atoms with Gasteiger partial charge < -0.3 is 4.90 Å². The van der Waals surface area contributed by atoms with Gasteiger partial charge in [-0.25, -0.2) is 0 Å². The van der Waals surface area contributed by atoms with Crippen LogP contribution in [0.5, 0.6) is 0 Å². The Hall–Kier alpha value is -0.830. The van der Waals surface area contributed by atoms with Crippen molar-refractivity contribution in [3.8, 4) is 0 Å². The van der Waals surface area contributed by atoms with Crippen molar-refractivity contribution in [2.45, 2.75) is 18.8 Å². The van der Waals surface area contributed by atoms with Gasteiger partial charge in [0, 0.05) is 17.5 Å². The molecule has 0 spiro atoms. The van der Waals surface area contributed by atoms with Crippen LogP contribution in [0.1, 0.15) is 24.5 Å². The van der Waals surface area contributed by atoms with E-state index in [-0.39, 0.29) is 24.8 Å². The first-order chi connectivity index (χ1) is 8.34. The number of likely N-dealkylation sites (tertiary alicyclic amines) is 1. The molecule has 2 nitrogen and oxygen atoms in total. The molecule has 0 aliphatic carbocycles. The Morgan fingerprint density at radius 1 is 1.05 bits per heavy atom. The normalized spacial score (nSPS) is 16.7. The second-order valence-electron chi connectivity index (χ2n) is 4.99. The Balaban J connectivity index is 0.000000902. The molecule has 1 saturated heterocycles. The lowest BCUT2D eigenvalue weighted by Crippen LogP contribution is -2.29. The Labute approximate surface area is 127 Å². The first-order valence-corrected chi connectivity index (χ1v) is 6.37. The summed E-state index contributed by atoms with van der Waals surface area (Å²) in [5.41, 5.74) is 1.30. The molecule has 0 atom stereocenters. The van der Waals surface area contributed by atoms with Crippen molar-refractivity contribution >= 4 is 35.6 Å². The van der Waals surface area contributed by atoms with E-state index < -0.39 is 0 Å². The molecule has 0 bridgehead atoms. The largest absolute Gasteiger partial charge is 0.306 e. The molecular weight excluding hydrogens is 279 g/mol. The number of hydrogen-bond donors (Lipinski definition) is 0. The number of benzene rings is 1. The maximum atomic E-state index is 4.64. The fourth-order valence-corrected chi connectivity index (χ4v) is 2.75. The summed E-state index contributed by atoms with van der Waals surface area (Å²) in [5, 5.41) is 2.65. The number of pyridine rings is 1. The predicted octanol–water partition coefficient (Wildman–Crippen LogP) is 3.89. The molecule has 4 heteroatoms. The third-order valence-corrected chi connectivity index (χ3v) is 3.81. The fraction of sp³-hybridized carbons (Fsp3) is 0.400. The van der Waals surface area contributed by atoms with Crippen LogP contribution in [0.2, 0.25) is 0 Å². The molecule has 104 valence electrons. The van der Waals surface area contributed by atoms with Crippen molar-refractivity contribution in [3.05, 3.63) is 42.2 Å². The maximum Gasteiger partial charge on any atom is 0.0513 e. The number of piperidine rings is 1. The second-order valence-corrected chi connectivity index (χ2v) is 4.99. The number of fused-ring (bicyclic) bond motifs is 1. The summed E-state index contributed by atoms with van der Waals surface area (Å²) in [6.45, 7) is 2.38. The van der Waals surface area contributed by atoms with Gasteiger partial charge in [0.05, 0.1) is 5.69 Å². The SMILES string of the molecule is CN1CCC(c2nccc3ccccc23)CC1.Cl.Cl. The van der Waals surface area contributed by atoms with Gasteiger partial charge in [-0.05, 0) is 44.4 Å². The van der Waals surface area contributed by atoms with Crippen molar-refractivity contribution in [1.82, 2.24) is 9.88 Å². The van der Waals surface area contributed by atoms with Crippen LogP contribution in [0.4, 0.5) is 0 Å². The molecule has 19 heavy (non-hydrogen) atoms. The molecule has 3 rings (SSSR count). The van der Waals surface area contributed by atoms with E-state index in [9.17, 15) is 0 Å². The van der Waals surface area contributed by atoms with Gasteiger partial charge in [0.15, 0.2) is 0 Å². The molecular formula is C15H20Cl2N2. The number of hydrogen-bond acceptors (Lipinski definition) is 2. The average Bonchev–Trinajstić information content (AvgIpc) is 2.39. The smallest absolute Gasteiger partial charge is 0.0513 e. The van der Waals surface area contributed by atoms with Gasteiger partial charge in [0.25, 0.3) is 0 Å². The highest BCUT2D eigenvalue weighted by Crippen LogP contribution is 2.30. The highest BCUT2D eigenvalue weighted by molar-refractivity contribution is 5.86. The minimum Gasteiger partial charge on any atom is -0.306 e. The van der Waals surface area contributed by atoms with Gasteiger partial charge in [0.1, 0.15) is 0 Å². The van der Waals surface area contributed by atoms with Crippen LogP contribution in [0.25, 0.3) is 10.8 Å². The summed E-state index contributed by atoms with van der Waals surface area (Å²) in [5.74, 6) is 0.636. The fourth-order valence-electron chi connectivity index (χ4n) is 2.75. The minimum atomic E-state index is 0. The second kappa shape index (κ2) is 7.09. The molecule has 0 saturated carbocycles. The van der Waals surface area contributed by atoms with Crippen LogP contribution in [-0.2, 0) is 0 Å². The van der Waals surface area contributed by atoms with Crippen LogP contribution < -0.4 is 0 Å². The molecule has 1 aromatic heterocycles. The average molecular weight is 299 g/mol. The zero-order chi connectivity index (χ0) is 11.7. The van der Waals surface area contributed by atoms with Crippen LogP contribution in [-0.4, -0.2) is 30.0 Å². The summed E-state index contributed by atoms with van der Waals surface area (Å²) >= 11 is 0. The Bertz CT molecular complexity index is 517. The van der Waals surface area contributed by atoms with E-state index in [2.05, 4.69) is 47.3 Å². The first-order valence-electron chi connectivity index (χ1n) is 6.37. The monoisotopic (exact) mass is 298 g/mol. The molecule has 0 radical (unpaired) electrons. The highest BCUT2D eigenvalue weighted by Gasteiger charge is 2.20. The van der Waals surface area contributed by atoms with Crippen LogP contribution >= 0.6 is 24.8 Å². The molecule has 0 amide bonds. The van der Waals surface area contributed by atoms with E-state index in [4.69, 9.17) is 0 Å². The van der Waals surface area contributed by atoms with E-state index in [0.717, 1.165) is 0 Å². The molecule has 1 aliphatic rings. The van der Waals surface area contributed by atoms with Gasteiger partial charge in [-0.1, -0.05) is 24.3 Å². The van der Waals surface area contributed by atoms with E-state index in [1.54, 1.807) is 0 Å². The number of halogens is 2. The zero-order valence-corrected chi connectivity index (χ0v) is 12.7.